The number of hydrogen-bond donors (Lipinski definition) is 2. The maximum Gasteiger partial charge on any atom is 0.321 e. The lowest BCUT2D eigenvalue weighted by molar-refractivity contribution is 0.0882. The Labute approximate surface area is 186 Å². The van der Waals surface area contributed by atoms with Gasteiger partial charge in [0.05, 0.1) is 23.4 Å². The van der Waals surface area contributed by atoms with E-state index in [9.17, 15) is 18.0 Å². The first-order chi connectivity index (χ1) is 15.1. The summed E-state index contributed by atoms with van der Waals surface area (Å²) in [6, 6.07) is 5.39. The summed E-state index contributed by atoms with van der Waals surface area (Å²) in [5.74, 6) is 0.167. The summed E-state index contributed by atoms with van der Waals surface area (Å²) in [7, 11) is 0.645. The zero-order chi connectivity index (χ0) is 23.5. The fraction of sp³-hybridized carbons (Fsp3) is 0.450. The van der Waals surface area contributed by atoms with Crippen LogP contribution >= 0.6 is 0 Å². The predicted molar refractivity (Wildman–Crippen MR) is 116 cm³/mol. The first-order valence-electron chi connectivity index (χ1n) is 10.0. The fourth-order valence-corrected chi connectivity index (χ4v) is 4.23. The van der Waals surface area contributed by atoms with Gasteiger partial charge in [-0.3, -0.25) is 4.79 Å². The highest BCUT2D eigenvalue weighted by molar-refractivity contribution is 7.89. The predicted octanol–water partition coefficient (Wildman–Crippen LogP) is 1.67. The van der Waals surface area contributed by atoms with Crippen molar-refractivity contribution in [3.05, 3.63) is 35.7 Å². The van der Waals surface area contributed by atoms with Crippen LogP contribution in [0.2, 0.25) is 0 Å². The molecule has 1 aromatic heterocycles. The van der Waals surface area contributed by atoms with Crippen LogP contribution in [0.4, 0.5) is 10.5 Å². The average Bonchev–Trinajstić information content (AvgIpc) is 3.20. The van der Waals surface area contributed by atoms with Crippen molar-refractivity contribution < 1.29 is 27.3 Å². The van der Waals surface area contributed by atoms with E-state index >= 15 is 0 Å². The molecule has 1 saturated heterocycles. The molecule has 174 valence electrons. The zero-order valence-corrected chi connectivity index (χ0v) is 19.2. The number of sulfonamides is 1. The molecule has 12 heteroatoms. The number of carbonyl (C=O) groups is 2. The van der Waals surface area contributed by atoms with Crippen molar-refractivity contribution in [2.24, 2.45) is 0 Å². The summed E-state index contributed by atoms with van der Waals surface area (Å²) < 4.78 is 36.2. The van der Waals surface area contributed by atoms with Crippen LogP contribution in [0, 0.1) is 6.92 Å². The van der Waals surface area contributed by atoms with Gasteiger partial charge in [0.2, 0.25) is 15.8 Å². The van der Waals surface area contributed by atoms with Gasteiger partial charge in [-0.15, -0.1) is 0 Å². The van der Waals surface area contributed by atoms with Gasteiger partial charge in [-0.05, 0) is 38.0 Å². The number of benzene rings is 1. The fourth-order valence-electron chi connectivity index (χ4n) is 3.30. The number of urea groups is 1. The maximum absolute atomic E-state index is 12.8. The molecule has 3 amide bonds. The summed E-state index contributed by atoms with van der Waals surface area (Å²) >= 11 is 0. The molecule has 2 heterocycles. The topological polar surface area (TPSA) is 134 Å². The van der Waals surface area contributed by atoms with Gasteiger partial charge in [-0.1, -0.05) is 5.16 Å². The number of hydrogen-bond acceptors (Lipinski definition) is 7. The lowest BCUT2D eigenvalue weighted by atomic mass is 10.1. The number of carbonyl (C=O) groups excluding carboxylic acids is 2. The molecule has 0 saturated carbocycles. The van der Waals surface area contributed by atoms with Crippen molar-refractivity contribution in [1.82, 2.24) is 19.7 Å². The number of methoxy groups -OCH3 is 1. The number of nitrogens with one attached hydrogen (secondary N) is 2. The van der Waals surface area contributed by atoms with E-state index in [1.807, 2.05) is 0 Å². The Balaban J connectivity index is 1.61. The highest BCUT2D eigenvalue weighted by atomic mass is 32.2. The van der Waals surface area contributed by atoms with Gasteiger partial charge in [0.1, 0.15) is 5.75 Å². The number of likely N-dealkylation sites (tertiary alicyclic amines) is 1. The molecule has 3 rings (SSSR count). The molecule has 1 aliphatic heterocycles. The Morgan fingerprint density at radius 3 is 2.47 bits per heavy atom. The van der Waals surface area contributed by atoms with Gasteiger partial charge in [0, 0.05) is 39.3 Å². The Morgan fingerprint density at radius 1 is 1.22 bits per heavy atom. The van der Waals surface area contributed by atoms with E-state index in [0.29, 0.717) is 37.4 Å². The van der Waals surface area contributed by atoms with Gasteiger partial charge in [-0.25, -0.2) is 17.5 Å². The second-order valence-corrected chi connectivity index (χ2v) is 9.80. The first-order valence-corrected chi connectivity index (χ1v) is 11.5. The van der Waals surface area contributed by atoms with Crippen molar-refractivity contribution >= 4 is 27.6 Å². The van der Waals surface area contributed by atoms with E-state index in [1.165, 1.54) is 39.4 Å². The van der Waals surface area contributed by atoms with Crippen LogP contribution in [0.15, 0.2) is 33.7 Å². The minimum Gasteiger partial charge on any atom is -0.495 e. The van der Waals surface area contributed by atoms with Crippen LogP contribution in [0.25, 0.3) is 0 Å². The molecule has 0 unspecified atom stereocenters. The molecule has 0 bridgehead atoms. The summed E-state index contributed by atoms with van der Waals surface area (Å²) in [5.41, 5.74) is 0.885. The summed E-state index contributed by atoms with van der Waals surface area (Å²) in [5, 5.41) is 9.33. The molecule has 0 aliphatic carbocycles. The molecule has 32 heavy (non-hydrogen) atoms. The molecule has 0 atom stereocenters. The Bertz CT molecular complexity index is 1090. The van der Waals surface area contributed by atoms with Gasteiger partial charge in [-0.2, -0.15) is 0 Å². The van der Waals surface area contributed by atoms with Crippen LogP contribution < -0.4 is 15.4 Å². The molecule has 11 nitrogen and oxygen atoms in total. The van der Waals surface area contributed by atoms with Crippen molar-refractivity contribution in [3.8, 4) is 5.75 Å². The molecular weight excluding hydrogens is 438 g/mol. The molecule has 0 spiro atoms. The van der Waals surface area contributed by atoms with Crippen molar-refractivity contribution in [2.45, 2.75) is 30.7 Å². The highest BCUT2D eigenvalue weighted by Gasteiger charge is 2.26. The second kappa shape index (κ2) is 9.57. The quantitative estimate of drug-likeness (QED) is 0.663. The standard InChI is InChI=1S/C20H27N5O6S/c1-13-11-18(31-23-13)19(26)21-14-7-9-25(10-8-14)20(27)22-16-12-15(5-6-17(16)30-4)32(28,29)24(2)3/h5-6,11-12,14H,7-10H2,1-4H3,(H,21,26)(H,22,27). The molecule has 2 aromatic rings. The molecule has 0 radical (unpaired) electrons. The first kappa shape index (κ1) is 23.5. The van der Waals surface area contributed by atoms with Crippen LogP contribution in [-0.2, 0) is 10.0 Å². The zero-order valence-electron chi connectivity index (χ0n) is 18.4. The van der Waals surface area contributed by atoms with Crippen molar-refractivity contribution in [1.29, 1.82) is 0 Å². The van der Waals surface area contributed by atoms with Crippen molar-refractivity contribution in [2.75, 3.05) is 39.6 Å². The van der Waals surface area contributed by atoms with Gasteiger partial charge < -0.3 is 24.8 Å². The largest absolute Gasteiger partial charge is 0.495 e. The van der Waals surface area contributed by atoms with E-state index in [-0.39, 0.29) is 34.3 Å². The number of amides is 3. The normalized spacial score (nSPS) is 15.0. The lowest BCUT2D eigenvalue weighted by Gasteiger charge is -2.32. The third-order valence-electron chi connectivity index (χ3n) is 5.16. The Hall–Kier alpha value is -3.12. The maximum atomic E-state index is 12.8. The van der Waals surface area contributed by atoms with Crippen LogP contribution in [0.1, 0.15) is 29.1 Å². The van der Waals surface area contributed by atoms with Crippen LogP contribution in [0.3, 0.4) is 0 Å². The third kappa shape index (κ3) is 5.19. The van der Waals surface area contributed by atoms with Gasteiger partial charge in [0.15, 0.2) is 0 Å². The molecule has 1 fully saturated rings. The van der Waals surface area contributed by atoms with E-state index in [1.54, 1.807) is 17.9 Å². The lowest BCUT2D eigenvalue weighted by Crippen LogP contribution is -2.47. The summed E-state index contributed by atoms with van der Waals surface area (Å²) in [4.78, 5) is 26.6. The van der Waals surface area contributed by atoms with E-state index < -0.39 is 10.0 Å². The SMILES string of the molecule is COc1ccc(S(=O)(=O)N(C)C)cc1NC(=O)N1CCC(NC(=O)c2cc(C)no2)CC1. The summed E-state index contributed by atoms with van der Waals surface area (Å²) in [6.45, 7) is 2.58. The number of ether oxygens (including phenoxy) is 1. The number of rotatable bonds is 6. The summed E-state index contributed by atoms with van der Waals surface area (Å²) in [6.07, 6.45) is 1.14. The minimum atomic E-state index is -3.66. The van der Waals surface area contributed by atoms with E-state index in [4.69, 9.17) is 9.26 Å². The molecule has 1 aromatic carbocycles. The van der Waals surface area contributed by atoms with Crippen molar-refractivity contribution in [3.63, 3.8) is 0 Å². The third-order valence-corrected chi connectivity index (χ3v) is 6.97. The molecule has 2 N–H and O–H groups in total. The van der Waals surface area contributed by atoms with E-state index in [2.05, 4.69) is 15.8 Å². The number of nitrogens with zero attached hydrogens (tertiary/aromatic N) is 3. The number of aryl methyl sites for hydroxylation is 1. The smallest absolute Gasteiger partial charge is 0.321 e. The van der Waals surface area contributed by atoms with Crippen LogP contribution in [-0.4, -0.2) is 75.1 Å². The number of piperidine rings is 1. The monoisotopic (exact) mass is 465 g/mol. The average molecular weight is 466 g/mol. The minimum absolute atomic E-state index is 0.0441. The van der Waals surface area contributed by atoms with Gasteiger partial charge in [0.25, 0.3) is 5.91 Å². The Kier molecular flexibility index (Phi) is 7.04. The van der Waals surface area contributed by atoms with Crippen LogP contribution in [0.5, 0.6) is 5.75 Å². The number of anilines is 1. The Morgan fingerprint density at radius 2 is 1.91 bits per heavy atom. The van der Waals surface area contributed by atoms with Gasteiger partial charge >= 0.3 is 6.03 Å². The molecule has 1 aliphatic rings. The highest BCUT2D eigenvalue weighted by Crippen LogP contribution is 2.29. The molecular formula is C20H27N5O6S. The number of aromatic nitrogens is 1. The van der Waals surface area contributed by atoms with E-state index in [0.717, 1.165) is 4.31 Å². The second-order valence-electron chi connectivity index (χ2n) is 7.65.